The fraction of sp³-hybridized carbons (Fsp3) is 0.182. The summed E-state index contributed by atoms with van der Waals surface area (Å²) < 4.78 is 0. The fourth-order valence-electron chi connectivity index (χ4n) is 4.78. The van der Waals surface area contributed by atoms with Crippen LogP contribution in [0.1, 0.15) is 50.7 Å². The van der Waals surface area contributed by atoms with Gasteiger partial charge in [0.15, 0.2) is 0 Å². The second-order valence-electron chi connectivity index (χ2n) is 9.68. The van der Waals surface area contributed by atoms with E-state index in [2.05, 4.69) is 124 Å². The molecule has 5 rings (SSSR count). The number of nitrogens with zero attached hydrogens (tertiary/aromatic N) is 1. The van der Waals surface area contributed by atoms with Crippen LogP contribution in [0.2, 0.25) is 0 Å². The van der Waals surface area contributed by atoms with Crippen molar-refractivity contribution >= 4 is 10.8 Å². The minimum atomic E-state index is 0.508. The number of hydrogen-bond acceptors (Lipinski definition) is 1. The number of rotatable bonds is 5. The summed E-state index contributed by atoms with van der Waals surface area (Å²) in [6, 6.07) is 33.6. The van der Waals surface area contributed by atoms with Crippen LogP contribution in [0.25, 0.3) is 44.2 Å². The second-order valence-corrected chi connectivity index (χ2v) is 9.68. The van der Waals surface area contributed by atoms with Crippen LogP contribution in [0, 0.1) is 0 Å². The molecule has 168 valence electrons. The third kappa shape index (κ3) is 4.15. The maximum Gasteiger partial charge on any atom is 0.0273 e. The largest absolute Gasteiger partial charge is 0.265 e. The van der Waals surface area contributed by atoms with Gasteiger partial charge in [-0.25, -0.2) is 0 Å². The number of fused-ring (bicyclic) bond motifs is 1. The molecule has 0 radical (unpaired) electrons. The molecule has 0 saturated heterocycles. The number of hydrogen-bond donors (Lipinski definition) is 0. The van der Waals surface area contributed by atoms with Gasteiger partial charge in [-0.05, 0) is 85.3 Å². The highest BCUT2D eigenvalue weighted by molar-refractivity contribution is 6.09. The standard InChI is InChI=1S/C33H31N/c1-22(2)24-9-13-27(14-10-24)32-30-8-6-5-7-29(30)21-31(26-17-19-34-20-18-26)33(32)28-15-11-25(12-16-28)23(3)4/h5-23H,1-4H3. The van der Waals surface area contributed by atoms with Crippen molar-refractivity contribution in [2.75, 3.05) is 0 Å². The van der Waals surface area contributed by atoms with Gasteiger partial charge < -0.3 is 0 Å². The van der Waals surface area contributed by atoms with E-state index in [-0.39, 0.29) is 0 Å². The third-order valence-corrected chi connectivity index (χ3v) is 6.77. The van der Waals surface area contributed by atoms with Crippen LogP contribution < -0.4 is 0 Å². The molecular weight excluding hydrogens is 410 g/mol. The van der Waals surface area contributed by atoms with Crippen LogP contribution in [0.4, 0.5) is 0 Å². The molecule has 0 atom stereocenters. The number of aromatic nitrogens is 1. The zero-order valence-corrected chi connectivity index (χ0v) is 20.4. The number of pyridine rings is 1. The molecule has 4 aromatic carbocycles. The Kier molecular flexibility index (Phi) is 6.02. The second kappa shape index (κ2) is 9.27. The Labute approximate surface area is 203 Å². The molecule has 0 bridgehead atoms. The Balaban J connectivity index is 1.86. The molecule has 5 aromatic rings. The molecule has 0 aliphatic carbocycles. The summed E-state index contributed by atoms with van der Waals surface area (Å²) >= 11 is 0. The molecule has 1 heterocycles. The molecule has 0 unspecified atom stereocenters. The normalized spacial score (nSPS) is 11.5. The van der Waals surface area contributed by atoms with Gasteiger partial charge in [0, 0.05) is 12.4 Å². The molecule has 0 N–H and O–H groups in total. The molecule has 1 aromatic heterocycles. The van der Waals surface area contributed by atoms with Crippen LogP contribution in [-0.2, 0) is 0 Å². The van der Waals surface area contributed by atoms with Crippen LogP contribution >= 0.6 is 0 Å². The average Bonchev–Trinajstić information content (AvgIpc) is 2.88. The predicted octanol–water partition coefficient (Wildman–Crippen LogP) is 9.48. The summed E-state index contributed by atoms with van der Waals surface area (Å²) in [5.41, 5.74) is 10.2. The Morgan fingerprint density at radius 1 is 0.529 bits per heavy atom. The van der Waals surface area contributed by atoms with Gasteiger partial charge in [-0.15, -0.1) is 0 Å². The van der Waals surface area contributed by atoms with Crippen molar-refractivity contribution in [3.05, 3.63) is 115 Å². The Hall–Kier alpha value is -3.71. The van der Waals surface area contributed by atoms with Gasteiger partial charge in [0.2, 0.25) is 0 Å². The van der Waals surface area contributed by atoms with Gasteiger partial charge in [0.25, 0.3) is 0 Å². The minimum absolute atomic E-state index is 0.508. The first-order chi connectivity index (χ1) is 16.5. The summed E-state index contributed by atoms with van der Waals surface area (Å²) in [7, 11) is 0. The van der Waals surface area contributed by atoms with Gasteiger partial charge in [-0.1, -0.05) is 100 Å². The SMILES string of the molecule is CC(C)c1ccc(-c2c(-c3ccncc3)cc3ccccc3c2-c2ccc(C(C)C)cc2)cc1. The van der Waals surface area contributed by atoms with Crippen LogP contribution in [0.3, 0.4) is 0 Å². The Bertz CT molecular complexity index is 1410. The first-order valence-electron chi connectivity index (χ1n) is 12.2. The van der Waals surface area contributed by atoms with E-state index in [0.29, 0.717) is 11.8 Å². The summed E-state index contributed by atoms with van der Waals surface area (Å²) in [6.45, 7) is 8.98. The van der Waals surface area contributed by atoms with Crippen LogP contribution in [0.15, 0.2) is 103 Å². The highest BCUT2D eigenvalue weighted by Gasteiger charge is 2.18. The lowest BCUT2D eigenvalue weighted by atomic mass is 9.83. The monoisotopic (exact) mass is 441 g/mol. The first kappa shape index (κ1) is 22.1. The highest BCUT2D eigenvalue weighted by atomic mass is 14.6. The van der Waals surface area contributed by atoms with Crippen molar-refractivity contribution in [3.63, 3.8) is 0 Å². The lowest BCUT2D eigenvalue weighted by molar-refractivity contribution is 0.867. The van der Waals surface area contributed by atoms with E-state index < -0.39 is 0 Å². The zero-order valence-electron chi connectivity index (χ0n) is 20.4. The Morgan fingerprint density at radius 2 is 1.06 bits per heavy atom. The van der Waals surface area contributed by atoms with E-state index in [9.17, 15) is 0 Å². The van der Waals surface area contributed by atoms with Gasteiger partial charge >= 0.3 is 0 Å². The molecule has 1 heteroatoms. The van der Waals surface area contributed by atoms with E-state index in [1.54, 1.807) is 0 Å². The Morgan fingerprint density at radius 3 is 1.62 bits per heavy atom. The van der Waals surface area contributed by atoms with E-state index in [1.165, 1.54) is 55.3 Å². The molecule has 0 aliphatic heterocycles. The van der Waals surface area contributed by atoms with E-state index in [1.807, 2.05) is 12.4 Å². The molecule has 34 heavy (non-hydrogen) atoms. The number of benzene rings is 4. The van der Waals surface area contributed by atoms with E-state index >= 15 is 0 Å². The van der Waals surface area contributed by atoms with Crippen molar-refractivity contribution in [1.29, 1.82) is 0 Å². The minimum Gasteiger partial charge on any atom is -0.265 e. The van der Waals surface area contributed by atoms with Crippen LogP contribution in [0.5, 0.6) is 0 Å². The highest BCUT2D eigenvalue weighted by Crippen LogP contribution is 2.45. The molecule has 0 saturated carbocycles. The van der Waals surface area contributed by atoms with Crippen molar-refractivity contribution in [1.82, 2.24) is 4.98 Å². The summed E-state index contributed by atoms with van der Waals surface area (Å²) in [5, 5.41) is 2.53. The molecule has 0 spiro atoms. The quantitative estimate of drug-likeness (QED) is 0.265. The van der Waals surface area contributed by atoms with Crippen molar-refractivity contribution in [2.45, 2.75) is 39.5 Å². The third-order valence-electron chi connectivity index (χ3n) is 6.77. The zero-order chi connectivity index (χ0) is 23.7. The van der Waals surface area contributed by atoms with Crippen molar-refractivity contribution < 1.29 is 0 Å². The molecule has 1 nitrogen and oxygen atoms in total. The maximum absolute atomic E-state index is 4.27. The summed E-state index contributed by atoms with van der Waals surface area (Å²) in [5.74, 6) is 1.02. The predicted molar refractivity (Wildman–Crippen MR) is 146 cm³/mol. The lowest BCUT2D eigenvalue weighted by Gasteiger charge is -2.20. The maximum atomic E-state index is 4.27. The smallest absolute Gasteiger partial charge is 0.0273 e. The van der Waals surface area contributed by atoms with Crippen molar-refractivity contribution in [2.24, 2.45) is 0 Å². The molecule has 0 fully saturated rings. The lowest BCUT2D eigenvalue weighted by Crippen LogP contribution is -1.95. The molecule has 0 amide bonds. The molecular formula is C33H31N. The summed E-state index contributed by atoms with van der Waals surface area (Å²) in [6.07, 6.45) is 3.76. The van der Waals surface area contributed by atoms with E-state index in [4.69, 9.17) is 0 Å². The van der Waals surface area contributed by atoms with E-state index in [0.717, 1.165) is 0 Å². The van der Waals surface area contributed by atoms with Gasteiger partial charge in [-0.2, -0.15) is 0 Å². The summed E-state index contributed by atoms with van der Waals surface area (Å²) in [4.78, 5) is 4.27. The van der Waals surface area contributed by atoms with Gasteiger partial charge in [-0.3, -0.25) is 4.98 Å². The fourth-order valence-corrected chi connectivity index (χ4v) is 4.78. The molecule has 0 aliphatic rings. The topological polar surface area (TPSA) is 12.9 Å². The van der Waals surface area contributed by atoms with Gasteiger partial charge in [0.1, 0.15) is 0 Å². The average molecular weight is 442 g/mol. The van der Waals surface area contributed by atoms with Gasteiger partial charge in [0.05, 0.1) is 0 Å². The van der Waals surface area contributed by atoms with Crippen molar-refractivity contribution in [3.8, 4) is 33.4 Å². The van der Waals surface area contributed by atoms with Crippen LogP contribution in [-0.4, -0.2) is 4.98 Å². The first-order valence-corrected chi connectivity index (χ1v) is 12.2.